The van der Waals surface area contributed by atoms with E-state index in [0.29, 0.717) is 6.61 Å². The highest BCUT2D eigenvalue weighted by Gasteiger charge is 2.38. The Morgan fingerprint density at radius 3 is 2.43 bits per heavy atom. The van der Waals surface area contributed by atoms with Crippen molar-refractivity contribution >= 4 is 11.8 Å². The number of rotatable bonds is 3. The van der Waals surface area contributed by atoms with Gasteiger partial charge in [0.25, 0.3) is 0 Å². The van der Waals surface area contributed by atoms with Crippen molar-refractivity contribution in [1.82, 2.24) is 4.90 Å². The van der Waals surface area contributed by atoms with Crippen LogP contribution in [0.25, 0.3) is 0 Å². The zero-order valence-electron chi connectivity index (χ0n) is 17.3. The molecule has 2 aliphatic heterocycles. The first-order valence-electron chi connectivity index (χ1n) is 10.6. The number of nitrogens with zero attached hydrogens (tertiary/aromatic N) is 1. The fraction of sp³-hybridized carbons (Fsp3) is 0.308. The molecule has 3 aromatic rings. The first-order chi connectivity index (χ1) is 14.7. The molecule has 0 amide bonds. The van der Waals surface area contributed by atoms with Gasteiger partial charge in [0.15, 0.2) is 0 Å². The molecule has 0 radical (unpaired) electrons. The lowest BCUT2D eigenvalue weighted by Crippen LogP contribution is -2.44. The van der Waals surface area contributed by atoms with Crippen LogP contribution in [-0.4, -0.2) is 29.4 Å². The maximum atomic E-state index is 11.3. The molecule has 1 unspecified atom stereocenters. The molecule has 3 nitrogen and oxygen atoms in total. The predicted octanol–water partition coefficient (Wildman–Crippen LogP) is 5.37. The second-order valence-electron chi connectivity index (χ2n) is 8.23. The van der Waals surface area contributed by atoms with Crippen molar-refractivity contribution in [2.75, 3.05) is 19.3 Å². The van der Waals surface area contributed by atoms with Gasteiger partial charge >= 0.3 is 0 Å². The van der Waals surface area contributed by atoms with E-state index in [4.69, 9.17) is 4.74 Å². The van der Waals surface area contributed by atoms with E-state index in [1.54, 1.807) is 11.8 Å². The van der Waals surface area contributed by atoms with Crippen molar-refractivity contribution in [3.05, 3.63) is 95.1 Å². The summed E-state index contributed by atoms with van der Waals surface area (Å²) in [6, 6.07) is 25.4. The Morgan fingerprint density at radius 2 is 1.67 bits per heavy atom. The van der Waals surface area contributed by atoms with Crippen LogP contribution in [0.5, 0.6) is 5.75 Å². The first-order valence-corrected chi connectivity index (χ1v) is 11.8. The van der Waals surface area contributed by atoms with Crippen LogP contribution in [0.1, 0.15) is 41.1 Å². The largest absolute Gasteiger partial charge is 0.489 e. The summed E-state index contributed by atoms with van der Waals surface area (Å²) in [5.41, 5.74) is 4.08. The molecule has 154 valence electrons. The third kappa shape index (κ3) is 3.53. The number of hydrogen-bond acceptors (Lipinski definition) is 4. The quantitative estimate of drug-likeness (QED) is 0.581. The molecule has 2 aliphatic rings. The summed E-state index contributed by atoms with van der Waals surface area (Å²) in [4.78, 5) is 3.77. The number of fused-ring (bicyclic) bond motifs is 2. The van der Waals surface area contributed by atoms with Gasteiger partial charge in [-0.25, -0.2) is 0 Å². The Kier molecular flexibility index (Phi) is 5.32. The van der Waals surface area contributed by atoms with Crippen molar-refractivity contribution in [1.29, 1.82) is 0 Å². The Hall–Kier alpha value is -2.27. The molecule has 30 heavy (non-hydrogen) atoms. The maximum Gasteiger partial charge on any atom is 0.125 e. The molecule has 1 saturated heterocycles. The standard InChI is InChI=1S/C26H27NO2S/c1-30-21-11-12-24-23(17-21)25(22-10-6-5-7-19(22)18-29-24)27-15-13-26(28,14-16-27)20-8-3-2-4-9-20/h2-12,17,25,28H,13-16,18H2,1H3. The number of likely N-dealkylation sites (tertiary alicyclic amines) is 1. The van der Waals surface area contributed by atoms with E-state index in [-0.39, 0.29) is 6.04 Å². The number of aliphatic hydroxyl groups is 1. The van der Waals surface area contributed by atoms with Gasteiger partial charge in [0.1, 0.15) is 12.4 Å². The van der Waals surface area contributed by atoms with E-state index in [0.717, 1.165) is 37.2 Å². The highest BCUT2D eigenvalue weighted by molar-refractivity contribution is 7.98. The summed E-state index contributed by atoms with van der Waals surface area (Å²) in [7, 11) is 0. The number of ether oxygens (including phenoxy) is 1. The molecule has 0 aliphatic carbocycles. The van der Waals surface area contributed by atoms with E-state index in [2.05, 4.69) is 53.6 Å². The van der Waals surface area contributed by atoms with Gasteiger partial charge < -0.3 is 9.84 Å². The van der Waals surface area contributed by atoms with Crippen LogP contribution in [0.4, 0.5) is 0 Å². The average molecular weight is 418 g/mol. The fourth-order valence-corrected chi connectivity index (χ4v) is 5.29. The van der Waals surface area contributed by atoms with E-state index in [1.165, 1.54) is 21.6 Å². The van der Waals surface area contributed by atoms with Crippen molar-refractivity contribution in [2.45, 2.75) is 36.0 Å². The zero-order chi connectivity index (χ0) is 20.6. The van der Waals surface area contributed by atoms with Crippen LogP contribution >= 0.6 is 11.8 Å². The van der Waals surface area contributed by atoms with Gasteiger partial charge in [-0.05, 0) is 54.0 Å². The first kappa shape index (κ1) is 19.7. The summed E-state index contributed by atoms with van der Waals surface area (Å²) < 4.78 is 6.22. The van der Waals surface area contributed by atoms with Gasteiger partial charge in [-0.2, -0.15) is 0 Å². The molecule has 0 bridgehead atoms. The number of benzene rings is 3. The molecular formula is C26H27NO2S. The van der Waals surface area contributed by atoms with Crippen LogP contribution in [0, 0.1) is 0 Å². The molecule has 5 rings (SSSR count). The van der Waals surface area contributed by atoms with E-state index < -0.39 is 5.60 Å². The summed E-state index contributed by atoms with van der Waals surface area (Å²) in [5, 5.41) is 11.3. The normalized spacial score (nSPS) is 20.5. The minimum Gasteiger partial charge on any atom is -0.489 e. The second kappa shape index (κ2) is 8.10. The highest BCUT2D eigenvalue weighted by Crippen LogP contribution is 2.44. The third-order valence-electron chi connectivity index (χ3n) is 6.55. The highest BCUT2D eigenvalue weighted by atomic mass is 32.2. The summed E-state index contributed by atoms with van der Waals surface area (Å²) in [6.45, 7) is 2.28. The molecule has 1 fully saturated rings. The van der Waals surface area contributed by atoms with E-state index >= 15 is 0 Å². The lowest BCUT2D eigenvalue weighted by atomic mass is 9.82. The monoisotopic (exact) mass is 417 g/mol. The van der Waals surface area contributed by atoms with Gasteiger partial charge in [-0.15, -0.1) is 11.8 Å². The lowest BCUT2D eigenvalue weighted by Gasteiger charge is -2.42. The number of hydrogen-bond donors (Lipinski definition) is 1. The molecule has 0 spiro atoms. The van der Waals surface area contributed by atoms with Crippen LogP contribution < -0.4 is 4.74 Å². The zero-order valence-corrected chi connectivity index (χ0v) is 18.1. The minimum absolute atomic E-state index is 0.145. The third-order valence-corrected chi connectivity index (χ3v) is 7.27. The molecule has 2 heterocycles. The summed E-state index contributed by atoms with van der Waals surface area (Å²) >= 11 is 1.76. The molecule has 1 atom stereocenters. The Bertz CT molecular complexity index is 1030. The van der Waals surface area contributed by atoms with Crippen molar-refractivity contribution in [3.63, 3.8) is 0 Å². The van der Waals surface area contributed by atoms with Gasteiger partial charge in [0, 0.05) is 23.5 Å². The topological polar surface area (TPSA) is 32.7 Å². The number of thioether (sulfide) groups is 1. The van der Waals surface area contributed by atoms with Gasteiger partial charge in [-0.3, -0.25) is 4.90 Å². The minimum atomic E-state index is -0.748. The average Bonchev–Trinajstić information content (AvgIpc) is 2.97. The van der Waals surface area contributed by atoms with E-state index in [1.807, 2.05) is 30.3 Å². The molecule has 4 heteroatoms. The van der Waals surface area contributed by atoms with Crippen LogP contribution in [0.2, 0.25) is 0 Å². The second-order valence-corrected chi connectivity index (χ2v) is 9.11. The Morgan fingerprint density at radius 1 is 0.933 bits per heavy atom. The Balaban J connectivity index is 1.51. The van der Waals surface area contributed by atoms with Gasteiger partial charge in [0.05, 0.1) is 11.6 Å². The predicted molar refractivity (Wildman–Crippen MR) is 122 cm³/mol. The molecule has 0 aromatic heterocycles. The Labute approximate surface area is 182 Å². The smallest absolute Gasteiger partial charge is 0.125 e. The maximum absolute atomic E-state index is 11.3. The molecular weight excluding hydrogens is 390 g/mol. The molecule has 0 saturated carbocycles. The van der Waals surface area contributed by atoms with Crippen LogP contribution in [-0.2, 0) is 12.2 Å². The van der Waals surface area contributed by atoms with Crippen molar-refractivity contribution in [2.24, 2.45) is 0 Å². The summed E-state index contributed by atoms with van der Waals surface area (Å²) in [6.07, 6.45) is 3.57. The molecule has 3 aromatic carbocycles. The summed E-state index contributed by atoms with van der Waals surface area (Å²) in [5.74, 6) is 0.970. The van der Waals surface area contributed by atoms with Crippen LogP contribution in [0.3, 0.4) is 0 Å². The van der Waals surface area contributed by atoms with Gasteiger partial charge in [-0.1, -0.05) is 54.6 Å². The van der Waals surface area contributed by atoms with Crippen molar-refractivity contribution < 1.29 is 9.84 Å². The van der Waals surface area contributed by atoms with E-state index in [9.17, 15) is 5.11 Å². The molecule has 1 N–H and O–H groups in total. The fourth-order valence-electron chi connectivity index (χ4n) is 4.84. The number of piperidine rings is 1. The van der Waals surface area contributed by atoms with Gasteiger partial charge in [0.2, 0.25) is 0 Å². The van der Waals surface area contributed by atoms with Crippen molar-refractivity contribution in [3.8, 4) is 5.75 Å². The van der Waals surface area contributed by atoms with Crippen LogP contribution in [0.15, 0.2) is 77.7 Å². The SMILES string of the molecule is CSc1ccc2c(c1)C(N1CCC(O)(c3ccccc3)CC1)c1ccccc1CO2. The lowest BCUT2D eigenvalue weighted by molar-refractivity contribution is -0.0325.